The van der Waals surface area contributed by atoms with Crippen molar-refractivity contribution in [2.75, 3.05) is 18.0 Å². The molecule has 0 aromatic carbocycles. The van der Waals surface area contributed by atoms with Crippen LogP contribution < -0.4 is 4.90 Å². The molecule has 30 heavy (non-hydrogen) atoms. The number of aryl methyl sites for hydroxylation is 2. The maximum Gasteiger partial charge on any atom is 0.177 e. The van der Waals surface area contributed by atoms with Crippen molar-refractivity contribution in [2.24, 2.45) is 0 Å². The minimum Gasteiger partial charge on any atom is -0.355 e. The van der Waals surface area contributed by atoms with Crippen LogP contribution in [-0.4, -0.2) is 37.9 Å². The molecule has 3 aromatic rings. The molecule has 154 valence electrons. The van der Waals surface area contributed by atoms with Gasteiger partial charge in [-0.1, -0.05) is 20.8 Å². The van der Waals surface area contributed by atoms with Gasteiger partial charge in [-0.05, 0) is 55.9 Å². The maximum absolute atomic E-state index is 9.65. The minimum atomic E-state index is -0.0218. The topological polar surface area (TPSA) is 83.0 Å². The van der Waals surface area contributed by atoms with Gasteiger partial charge in [0.05, 0.1) is 11.3 Å². The molecule has 7 heteroatoms. The molecule has 5 rings (SSSR count). The molecular weight excluding hydrogens is 374 g/mol. The third kappa shape index (κ3) is 3.20. The lowest BCUT2D eigenvalue weighted by Gasteiger charge is -2.32. The molecule has 0 amide bonds. The molecule has 0 N–H and O–H groups in total. The molecule has 3 aromatic heterocycles. The van der Waals surface area contributed by atoms with Gasteiger partial charge >= 0.3 is 0 Å². The maximum atomic E-state index is 9.65. The molecule has 0 spiro atoms. The summed E-state index contributed by atoms with van der Waals surface area (Å²) >= 11 is 0. The van der Waals surface area contributed by atoms with Crippen molar-refractivity contribution < 1.29 is 0 Å². The van der Waals surface area contributed by atoms with E-state index in [4.69, 9.17) is 10.1 Å². The van der Waals surface area contributed by atoms with Crippen molar-refractivity contribution in [3.05, 3.63) is 46.5 Å². The lowest BCUT2D eigenvalue weighted by Crippen LogP contribution is -2.35. The number of rotatable bonds is 2. The van der Waals surface area contributed by atoms with Crippen molar-refractivity contribution in [3.8, 4) is 6.07 Å². The van der Waals surface area contributed by atoms with Crippen molar-refractivity contribution >= 4 is 11.5 Å². The Bertz CT molecular complexity index is 1140. The molecule has 1 saturated heterocycles. The summed E-state index contributed by atoms with van der Waals surface area (Å²) < 4.78 is 1.93. The minimum absolute atomic E-state index is 0.0218. The third-order valence-corrected chi connectivity index (χ3v) is 6.37. The molecule has 0 radical (unpaired) electrons. The summed E-state index contributed by atoms with van der Waals surface area (Å²) in [4.78, 5) is 7.15. The first-order chi connectivity index (χ1) is 14.4. The summed E-state index contributed by atoms with van der Waals surface area (Å²) in [5, 5.41) is 23.3. The van der Waals surface area contributed by atoms with Crippen LogP contribution in [0.1, 0.15) is 74.3 Å². The van der Waals surface area contributed by atoms with Crippen molar-refractivity contribution in [1.82, 2.24) is 24.8 Å². The molecule has 4 heterocycles. The zero-order valence-electron chi connectivity index (χ0n) is 17.9. The molecule has 1 aliphatic carbocycles. The van der Waals surface area contributed by atoms with E-state index in [0.29, 0.717) is 11.5 Å². The largest absolute Gasteiger partial charge is 0.355 e. The number of fused-ring (bicyclic) bond motifs is 2. The summed E-state index contributed by atoms with van der Waals surface area (Å²) in [5.74, 6) is 2.10. The van der Waals surface area contributed by atoms with E-state index in [-0.39, 0.29) is 5.41 Å². The van der Waals surface area contributed by atoms with E-state index in [1.54, 1.807) is 0 Å². The average Bonchev–Trinajstić information content (AvgIpc) is 3.38. The summed E-state index contributed by atoms with van der Waals surface area (Å²) in [6, 6.07) is 8.47. The Morgan fingerprint density at radius 2 is 1.90 bits per heavy atom. The summed E-state index contributed by atoms with van der Waals surface area (Å²) in [6.07, 6.45) is 5.11. The highest BCUT2D eigenvalue weighted by atomic mass is 15.4. The number of aromatic nitrogens is 5. The number of nitrogens with zero attached hydrogens (tertiary/aromatic N) is 7. The van der Waals surface area contributed by atoms with Gasteiger partial charge in [-0.2, -0.15) is 14.9 Å². The Balaban J connectivity index is 1.39. The van der Waals surface area contributed by atoms with Gasteiger partial charge in [-0.3, -0.25) is 0 Å². The standard InChI is InChI=1S/C23H27N7/c1-23(2,3)19-7-8-20-26-27-22(30(20)28-19)15-9-11-29(12-10-15)21-17(14-24)13-16-5-4-6-18(16)25-21/h7-8,13,15H,4-6,9-12H2,1-3H3. The lowest BCUT2D eigenvalue weighted by atomic mass is 9.92. The number of piperidine rings is 1. The molecule has 0 saturated carbocycles. The summed E-state index contributed by atoms with van der Waals surface area (Å²) in [6.45, 7) is 8.22. The molecule has 2 aliphatic rings. The SMILES string of the molecule is CC(C)(C)c1ccc2nnc(C3CCN(c4nc5c(cc4C#N)CCC5)CC3)n2n1. The second kappa shape index (κ2) is 7.05. The van der Waals surface area contributed by atoms with Crippen molar-refractivity contribution in [1.29, 1.82) is 5.26 Å². The van der Waals surface area contributed by atoms with E-state index in [2.05, 4.69) is 48.0 Å². The average molecular weight is 402 g/mol. The van der Waals surface area contributed by atoms with E-state index in [9.17, 15) is 5.26 Å². The molecule has 0 bridgehead atoms. The third-order valence-electron chi connectivity index (χ3n) is 6.37. The van der Waals surface area contributed by atoms with Crippen LogP contribution in [0.3, 0.4) is 0 Å². The van der Waals surface area contributed by atoms with E-state index in [0.717, 1.165) is 68.2 Å². The smallest absolute Gasteiger partial charge is 0.177 e. The highest BCUT2D eigenvalue weighted by Crippen LogP contribution is 2.33. The second-order valence-electron chi connectivity index (χ2n) is 9.49. The van der Waals surface area contributed by atoms with Crippen LogP contribution in [0.25, 0.3) is 5.65 Å². The molecule has 1 fully saturated rings. The normalized spacial score (nSPS) is 17.3. The van der Waals surface area contributed by atoms with Crippen LogP contribution in [0.4, 0.5) is 5.82 Å². The van der Waals surface area contributed by atoms with E-state index in [1.807, 2.05) is 16.6 Å². The van der Waals surface area contributed by atoms with E-state index in [1.165, 1.54) is 11.3 Å². The highest BCUT2D eigenvalue weighted by molar-refractivity contribution is 5.57. The van der Waals surface area contributed by atoms with Crippen LogP contribution in [0.15, 0.2) is 18.2 Å². The Morgan fingerprint density at radius 3 is 2.63 bits per heavy atom. The van der Waals surface area contributed by atoms with Gasteiger partial charge < -0.3 is 4.90 Å². The van der Waals surface area contributed by atoms with Crippen LogP contribution in [-0.2, 0) is 18.3 Å². The van der Waals surface area contributed by atoms with Crippen LogP contribution in [0.2, 0.25) is 0 Å². The fourth-order valence-electron chi connectivity index (χ4n) is 4.59. The first-order valence-electron chi connectivity index (χ1n) is 10.8. The quantitative estimate of drug-likeness (QED) is 0.653. The lowest BCUT2D eigenvalue weighted by molar-refractivity contribution is 0.470. The number of anilines is 1. The number of hydrogen-bond donors (Lipinski definition) is 0. The van der Waals surface area contributed by atoms with Gasteiger partial charge in [-0.25, -0.2) is 4.98 Å². The van der Waals surface area contributed by atoms with Crippen LogP contribution >= 0.6 is 0 Å². The monoisotopic (exact) mass is 401 g/mol. The molecule has 0 unspecified atom stereocenters. The van der Waals surface area contributed by atoms with Crippen molar-refractivity contribution in [2.45, 2.75) is 64.2 Å². The molecule has 7 nitrogen and oxygen atoms in total. The van der Waals surface area contributed by atoms with Gasteiger partial charge in [0.25, 0.3) is 0 Å². The first-order valence-corrected chi connectivity index (χ1v) is 10.8. The highest BCUT2D eigenvalue weighted by Gasteiger charge is 2.28. The summed E-state index contributed by atoms with van der Waals surface area (Å²) in [7, 11) is 0. The van der Waals surface area contributed by atoms with E-state index < -0.39 is 0 Å². The zero-order valence-corrected chi connectivity index (χ0v) is 17.9. The van der Waals surface area contributed by atoms with Gasteiger partial charge in [0.1, 0.15) is 11.9 Å². The second-order valence-corrected chi connectivity index (χ2v) is 9.49. The predicted octanol–water partition coefficient (Wildman–Crippen LogP) is 3.56. The summed E-state index contributed by atoms with van der Waals surface area (Å²) in [5.41, 5.74) is 4.95. The Kier molecular flexibility index (Phi) is 4.46. The first kappa shape index (κ1) is 19.0. The number of nitriles is 1. The van der Waals surface area contributed by atoms with E-state index >= 15 is 0 Å². The Hall–Kier alpha value is -3.01. The fraction of sp³-hybridized carbons (Fsp3) is 0.522. The van der Waals surface area contributed by atoms with Crippen LogP contribution in [0.5, 0.6) is 0 Å². The van der Waals surface area contributed by atoms with Gasteiger partial charge in [0.15, 0.2) is 11.5 Å². The zero-order chi connectivity index (χ0) is 20.9. The predicted molar refractivity (Wildman–Crippen MR) is 115 cm³/mol. The van der Waals surface area contributed by atoms with Gasteiger partial charge in [0, 0.05) is 30.1 Å². The van der Waals surface area contributed by atoms with Gasteiger partial charge in [-0.15, -0.1) is 10.2 Å². The number of pyridine rings is 1. The molecular formula is C23H27N7. The van der Waals surface area contributed by atoms with Crippen molar-refractivity contribution in [3.63, 3.8) is 0 Å². The van der Waals surface area contributed by atoms with Crippen LogP contribution in [0, 0.1) is 11.3 Å². The number of hydrogen-bond acceptors (Lipinski definition) is 6. The molecule has 0 atom stereocenters. The fourth-order valence-corrected chi connectivity index (χ4v) is 4.59. The Morgan fingerprint density at radius 1 is 1.10 bits per heavy atom. The Labute approximate surface area is 176 Å². The molecule has 1 aliphatic heterocycles. The van der Waals surface area contributed by atoms with Gasteiger partial charge in [0.2, 0.25) is 0 Å².